The van der Waals surface area contributed by atoms with Gasteiger partial charge in [0.15, 0.2) is 6.20 Å². The van der Waals surface area contributed by atoms with Gasteiger partial charge >= 0.3 is 0 Å². The van der Waals surface area contributed by atoms with E-state index in [9.17, 15) is 0 Å². The Bertz CT molecular complexity index is 622. The SMILES string of the molecule is Cc1ccc(-c2ccc(C3CCCC3)cc2C)[n+](C)c1. The highest BCUT2D eigenvalue weighted by molar-refractivity contribution is 5.61. The van der Waals surface area contributed by atoms with Crippen LogP contribution < -0.4 is 4.57 Å². The molecule has 1 aromatic carbocycles. The summed E-state index contributed by atoms with van der Waals surface area (Å²) in [5.41, 5.74) is 6.89. The molecule has 0 N–H and O–H groups in total. The van der Waals surface area contributed by atoms with Crippen LogP contribution in [0.5, 0.6) is 0 Å². The van der Waals surface area contributed by atoms with Crippen molar-refractivity contribution in [1.82, 2.24) is 0 Å². The highest BCUT2D eigenvalue weighted by atomic mass is 14.9. The second-order valence-electron chi connectivity index (χ2n) is 6.26. The Labute approximate surface area is 122 Å². The van der Waals surface area contributed by atoms with Crippen molar-refractivity contribution >= 4 is 0 Å². The summed E-state index contributed by atoms with van der Waals surface area (Å²) in [6.07, 6.45) is 7.74. The Morgan fingerprint density at radius 2 is 1.75 bits per heavy atom. The predicted octanol–water partition coefficient (Wildman–Crippen LogP) is 4.45. The molecule has 0 spiro atoms. The van der Waals surface area contributed by atoms with Crippen molar-refractivity contribution in [2.75, 3.05) is 0 Å². The first-order valence-electron chi connectivity index (χ1n) is 7.72. The van der Waals surface area contributed by atoms with Gasteiger partial charge in [-0.25, -0.2) is 4.57 Å². The number of aryl methyl sites for hydroxylation is 3. The summed E-state index contributed by atoms with van der Waals surface area (Å²) in [6.45, 7) is 4.38. The van der Waals surface area contributed by atoms with Crippen LogP contribution in [0.3, 0.4) is 0 Å². The van der Waals surface area contributed by atoms with Gasteiger partial charge in [0.2, 0.25) is 5.69 Å². The normalized spacial score (nSPS) is 15.8. The fourth-order valence-corrected chi connectivity index (χ4v) is 3.51. The third kappa shape index (κ3) is 2.49. The van der Waals surface area contributed by atoms with Gasteiger partial charge in [0.1, 0.15) is 7.05 Å². The number of aromatic nitrogens is 1. The van der Waals surface area contributed by atoms with E-state index in [1.807, 2.05) is 0 Å². The predicted molar refractivity (Wildman–Crippen MR) is 83.7 cm³/mol. The van der Waals surface area contributed by atoms with E-state index in [-0.39, 0.29) is 0 Å². The van der Waals surface area contributed by atoms with Crippen molar-refractivity contribution < 1.29 is 4.57 Å². The molecule has 1 fully saturated rings. The van der Waals surface area contributed by atoms with E-state index in [0.29, 0.717) is 0 Å². The largest absolute Gasteiger partial charge is 0.212 e. The highest BCUT2D eigenvalue weighted by Crippen LogP contribution is 2.35. The third-order valence-corrected chi connectivity index (χ3v) is 4.63. The van der Waals surface area contributed by atoms with Gasteiger partial charge in [0.05, 0.1) is 0 Å². The molecule has 0 aliphatic heterocycles. The molecule has 1 saturated carbocycles. The maximum absolute atomic E-state index is 2.41. The zero-order valence-corrected chi connectivity index (χ0v) is 12.8. The van der Waals surface area contributed by atoms with Crippen LogP contribution in [0.15, 0.2) is 36.5 Å². The van der Waals surface area contributed by atoms with Crippen LogP contribution in [0.4, 0.5) is 0 Å². The Morgan fingerprint density at radius 1 is 1.00 bits per heavy atom. The molecule has 3 rings (SSSR count). The number of nitrogens with zero attached hydrogens (tertiary/aromatic N) is 1. The quantitative estimate of drug-likeness (QED) is 0.707. The van der Waals surface area contributed by atoms with E-state index >= 15 is 0 Å². The Hall–Kier alpha value is -1.63. The number of hydrogen-bond donors (Lipinski definition) is 0. The fraction of sp³-hybridized carbons (Fsp3) is 0.421. The summed E-state index contributed by atoms with van der Waals surface area (Å²) >= 11 is 0. The Morgan fingerprint density at radius 3 is 2.40 bits per heavy atom. The number of rotatable bonds is 2. The van der Waals surface area contributed by atoms with Crippen LogP contribution in [-0.2, 0) is 7.05 Å². The minimum atomic E-state index is 0.800. The monoisotopic (exact) mass is 266 g/mol. The number of pyridine rings is 1. The topological polar surface area (TPSA) is 3.88 Å². The van der Waals surface area contributed by atoms with Crippen LogP contribution in [0.2, 0.25) is 0 Å². The summed E-state index contributed by atoms with van der Waals surface area (Å²) in [5, 5.41) is 0. The van der Waals surface area contributed by atoms with Crippen molar-refractivity contribution in [3.8, 4) is 11.3 Å². The molecule has 1 aliphatic carbocycles. The van der Waals surface area contributed by atoms with Crippen molar-refractivity contribution in [1.29, 1.82) is 0 Å². The zero-order valence-electron chi connectivity index (χ0n) is 12.8. The molecule has 0 bridgehead atoms. The highest BCUT2D eigenvalue weighted by Gasteiger charge is 2.19. The average molecular weight is 266 g/mol. The smallest absolute Gasteiger partial charge is 0.201 e. The zero-order chi connectivity index (χ0) is 14.1. The van der Waals surface area contributed by atoms with Gasteiger partial charge < -0.3 is 0 Å². The summed E-state index contributed by atoms with van der Waals surface area (Å²) in [5.74, 6) is 0.800. The molecule has 1 aromatic heterocycles. The summed E-state index contributed by atoms with van der Waals surface area (Å²) in [6, 6.07) is 11.5. The molecular formula is C19H24N+. The molecular weight excluding hydrogens is 242 g/mol. The summed E-state index contributed by atoms with van der Waals surface area (Å²) < 4.78 is 2.23. The van der Waals surface area contributed by atoms with Crippen LogP contribution in [0, 0.1) is 13.8 Å². The lowest BCUT2D eigenvalue weighted by atomic mass is 9.93. The Balaban J connectivity index is 1.98. The van der Waals surface area contributed by atoms with Crippen molar-refractivity contribution in [3.05, 3.63) is 53.2 Å². The number of hydrogen-bond acceptors (Lipinski definition) is 0. The van der Waals surface area contributed by atoms with E-state index in [1.54, 1.807) is 5.56 Å². The molecule has 104 valence electrons. The van der Waals surface area contributed by atoms with Crippen LogP contribution in [-0.4, -0.2) is 0 Å². The second kappa shape index (κ2) is 5.40. The average Bonchev–Trinajstić information content (AvgIpc) is 2.93. The van der Waals surface area contributed by atoms with E-state index in [4.69, 9.17) is 0 Å². The van der Waals surface area contributed by atoms with Gasteiger partial charge in [0, 0.05) is 17.2 Å². The molecule has 0 saturated heterocycles. The molecule has 1 heterocycles. The summed E-state index contributed by atoms with van der Waals surface area (Å²) in [4.78, 5) is 0. The molecule has 0 radical (unpaired) electrons. The third-order valence-electron chi connectivity index (χ3n) is 4.63. The maximum Gasteiger partial charge on any atom is 0.212 e. The van der Waals surface area contributed by atoms with Crippen molar-refractivity contribution in [2.24, 2.45) is 7.05 Å². The maximum atomic E-state index is 2.41. The van der Waals surface area contributed by atoms with Gasteiger partial charge in [0.25, 0.3) is 0 Å². The summed E-state index contributed by atoms with van der Waals surface area (Å²) in [7, 11) is 2.13. The molecule has 0 unspecified atom stereocenters. The lowest BCUT2D eigenvalue weighted by Crippen LogP contribution is -2.31. The van der Waals surface area contributed by atoms with Gasteiger partial charge in [-0.05, 0) is 55.9 Å². The molecule has 0 atom stereocenters. The van der Waals surface area contributed by atoms with Crippen molar-refractivity contribution in [2.45, 2.75) is 45.4 Å². The van der Waals surface area contributed by atoms with Crippen LogP contribution in [0.25, 0.3) is 11.3 Å². The minimum absolute atomic E-state index is 0.800. The lowest BCUT2D eigenvalue weighted by molar-refractivity contribution is -0.660. The second-order valence-corrected chi connectivity index (χ2v) is 6.26. The van der Waals surface area contributed by atoms with Gasteiger partial charge in [-0.1, -0.05) is 25.0 Å². The van der Waals surface area contributed by atoms with Crippen LogP contribution >= 0.6 is 0 Å². The molecule has 2 aromatic rings. The molecule has 1 aliphatic rings. The first-order chi connectivity index (χ1) is 9.65. The number of benzene rings is 1. The van der Waals surface area contributed by atoms with E-state index < -0.39 is 0 Å². The van der Waals surface area contributed by atoms with Gasteiger partial charge in [-0.3, -0.25) is 0 Å². The molecule has 0 amide bonds. The van der Waals surface area contributed by atoms with E-state index in [1.165, 1.54) is 48.1 Å². The Kier molecular flexibility index (Phi) is 3.60. The van der Waals surface area contributed by atoms with Gasteiger partial charge in [-0.2, -0.15) is 0 Å². The molecule has 1 heteroatoms. The fourth-order valence-electron chi connectivity index (χ4n) is 3.51. The van der Waals surface area contributed by atoms with E-state index in [2.05, 4.69) is 62.0 Å². The molecule has 20 heavy (non-hydrogen) atoms. The van der Waals surface area contributed by atoms with Crippen LogP contribution in [0.1, 0.15) is 48.3 Å². The molecule has 1 nitrogen and oxygen atoms in total. The standard InChI is InChI=1S/C19H24N/c1-14-8-11-19(20(3)13-14)18-10-9-17(12-15(18)2)16-6-4-5-7-16/h8-13,16H,4-7H2,1-3H3/q+1. The minimum Gasteiger partial charge on any atom is -0.201 e. The first kappa shape index (κ1) is 13.4. The van der Waals surface area contributed by atoms with Gasteiger partial charge in [-0.15, -0.1) is 0 Å². The lowest BCUT2D eigenvalue weighted by Gasteiger charge is -2.12. The van der Waals surface area contributed by atoms with Crippen molar-refractivity contribution in [3.63, 3.8) is 0 Å². The van der Waals surface area contributed by atoms with E-state index in [0.717, 1.165) is 5.92 Å². The first-order valence-corrected chi connectivity index (χ1v) is 7.72.